The maximum Gasteiger partial charge on any atom is 0.0470 e. The van der Waals surface area contributed by atoms with Gasteiger partial charge in [0.2, 0.25) is 0 Å². The quantitative estimate of drug-likeness (QED) is 0.873. The van der Waals surface area contributed by atoms with Crippen molar-refractivity contribution in [1.29, 1.82) is 0 Å². The molecule has 0 amide bonds. The molecule has 98 valence electrons. The van der Waals surface area contributed by atoms with Crippen molar-refractivity contribution in [3.8, 4) is 0 Å². The number of nitrogens with zero attached hydrogens (tertiary/aromatic N) is 1. The van der Waals surface area contributed by atoms with Crippen LogP contribution in [0.1, 0.15) is 5.56 Å². The molecule has 0 spiro atoms. The molecule has 0 radical (unpaired) electrons. The topological polar surface area (TPSA) is 24.9 Å². The molecule has 0 fully saturated rings. The Kier molecular flexibility index (Phi) is 8.12. The minimum Gasteiger partial charge on any atom is -0.381 e. The molecule has 2 aromatic rings. The van der Waals surface area contributed by atoms with Gasteiger partial charge >= 0.3 is 0 Å². The molecule has 0 aliphatic heterocycles. The van der Waals surface area contributed by atoms with Gasteiger partial charge < -0.3 is 5.32 Å². The number of hydrogen-bond donors (Lipinski definition) is 1. The summed E-state index contributed by atoms with van der Waals surface area (Å²) in [7, 11) is 0. The van der Waals surface area contributed by atoms with Crippen LogP contribution in [0.25, 0.3) is 0 Å². The fourth-order valence-corrected chi connectivity index (χ4v) is 1.81. The first kappa shape index (κ1) is 17.3. The predicted octanol–water partition coefficient (Wildman–Crippen LogP) is 4.84. The molecule has 2 nitrogen and oxygen atoms in total. The van der Waals surface area contributed by atoms with Crippen LogP contribution < -0.4 is 5.32 Å². The van der Waals surface area contributed by atoms with Gasteiger partial charge in [-0.05, 0) is 29.8 Å². The number of aromatic nitrogens is 1. The molecule has 0 bridgehead atoms. The second-order valence-electron chi connectivity index (χ2n) is 3.33. The van der Waals surface area contributed by atoms with E-state index in [-0.39, 0.29) is 24.8 Å². The van der Waals surface area contributed by atoms with Crippen LogP contribution in [0.2, 0.25) is 10.0 Å². The third-order valence-electron chi connectivity index (χ3n) is 2.18. The maximum absolute atomic E-state index is 6.06. The lowest BCUT2D eigenvalue weighted by atomic mass is 10.2. The highest BCUT2D eigenvalue weighted by Crippen LogP contribution is 2.21. The molecule has 1 heterocycles. The van der Waals surface area contributed by atoms with E-state index in [1.807, 2.05) is 24.3 Å². The van der Waals surface area contributed by atoms with E-state index in [2.05, 4.69) is 10.3 Å². The molecule has 0 aliphatic rings. The van der Waals surface area contributed by atoms with E-state index >= 15 is 0 Å². The molecular weight excluding hydrogens is 314 g/mol. The van der Waals surface area contributed by atoms with Gasteiger partial charge in [0.1, 0.15) is 0 Å². The molecule has 1 aromatic carbocycles. The SMILES string of the molecule is Cl.Cl.Clc1ccc(CNc2ccncc2)c(Cl)c1. The Morgan fingerprint density at radius 1 is 1.00 bits per heavy atom. The average molecular weight is 326 g/mol. The Morgan fingerprint density at radius 3 is 2.28 bits per heavy atom. The minimum atomic E-state index is 0. The Hall–Kier alpha value is -0.670. The highest BCUT2D eigenvalue weighted by atomic mass is 35.5. The van der Waals surface area contributed by atoms with Crippen molar-refractivity contribution in [2.75, 3.05) is 5.32 Å². The van der Waals surface area contributed by atoms with Crippen LogP contribution in [-0.2, 0) is 6.54 Å². The lowest BCUT2D eigenvalue weighted by molar-refractivity contribution is 1.14. The average Bonchev–Trinajstić information content (AvgIpc) is 2.29. The van der Waals surface area contributed by atoms with Gasteiger partial charge in [-0.25, -0.2) is 0 Å². The van der Waals surface area contributed by atoms with Crippen LogP contribution >= 0.6 is 48.0 Å². The van der Waals surface area contributed by atoms with Crippen LogP contribution in [0, 0.1) is 0 Å². The van der Waals surface area contributed by atoms with Gasteiger partial charge in [0.05, 0.1) is 0 Å². The zero-order valence-electron chi connectivity index (χ0n) is 9.27. The van der Waals surface area contributed by atoms with Gasteiger partial charge in [-0.3, -0.25) is 4.98 Å². The molecule has 0 unspecified atom stereocenters. The Morgan fingerprint density at radius 2 is 1.67 bits per heavy atom. The van der Waals surface area contributed by atoms with Crippen LogP contribution in [0.4, 0.5) is 5.69 Å². The van der Waals surface area contributed by atoms with E-state index in [1.165, 1.54) is 0 Å². The largest absolute Gasteiger partial charge is 0.381 e. The lowest BCUT2D eigenvalue weighted by Gasteiger charge is -2.07. The van der Waals surface area contributed by atoms with Crippen LogP contribution in [-0.4, -0.2) is 4.98 Å². The number of benzene rings is 1. The van der Waals surface area contributed by atoms with E-state index in [0.717, 1.165) is 11.3 Å². The van der Waals surface area contributed by atoms with E-state index in [9.17, 15) is 0 Å². The fraction of sp³-hybridized carbons (Fsp3) is 0.0833. The smallest absolute Gasteiger partial charge is 0.0470 e. The summed E-state index contributed by atoms with van der Waals surface area (Å²) >= 11 is 11.9. The molecule has 1 N–H and O–H groups in total. The monoisotopic (exact) mass is 324 g/mol. The second-order valence-corrected chi connectivity index (χ2v) is 4.17. The van der Waals surface area contributed by atoms with Gasteiger partial charge in [0.15, 0.2) is 0 Å². The molecule has 0 saturated carbocycles. The first-order valence-electron chi connectivity index (χ1n) is 4.83. The van der Waals surface area contributed by atoms with Crippen molar-refractivity contribution in [2.45, 2.75) is 6.54 Å². The van der Waals surface area contributed by atoms with Crippen LogP contribution in [0.3, 0.4) is 0 Å². The summed E-state index contributed by atoms with van der Waals surface area (Å²) in [6, 6.07) is 9.30. The van der Waals surface area contributed by atoms with Crippen molar-refractivity contribution in [3.05, 3.63) is 58.3 Å². The van der Waals surface area contributed by atoms with Crippen molar-refractivity contribution in [2.24, 2.45) is 0 Å². The van der Waals surface area contributed by atoms with Gasteiger partial charge in [-0.2, -0.15) is 0 Å². The van der Waals surface area contributed by atoms with Gasteiger partial charge in [-0.15, -0.1) is 24.8 Å². The zero-order chi connectivity index (χ0) is 11.4. The summed E-state index contributed by atoms with van der Waals surface area (Å²) in [5, 5.41) is 4.58. The zero-order valence-corrected chi connectivity index (χ0v) is 12.4. The standard InChI is InChI=1S/C12H10Cl2N2.2ClH/c13-10-2-1-9(12(14)7-10)8-16-11-3-5-15-6-4-11;;/h1-7H,8H2,(H,15,16);2*1H. The number of pyridine rings is 1. The summed E-state index contributed by atoms with van der Waals surface area (Å²) < 4.78 is 0. The normalized spacial score (nSPS) is 9.00. The van der Waals surface area contributed by atoms with Gasteiger partial charge in [0.25, 0.3) is 0 Å². The van der Waals surface area contributed by atoms with E-state index in [4.69, 9.17) is 23.2 Å². The van der Waals surface area contributed by atoms with Gasteiger partial charge in [-0.1, -0.05) is 29.3 Å². The summed E-state index contributed by atoms with van der Waals surface area (Å²) in [6.07, 6.45) is 3.48. The van der Waals surface area contributed by atoms with E-state index in [1.54, 1.807) is 18.5 Å². The summed E-state index contributed by atoms with van der Waals surface area (Å²) in [5.74, 6) is 0. The highest BCUT2D eigenvalue weighted by molar-refractivity contribution is 6.35. The van der Waals surface area contributed by atoms with Gasteiger partial charge in [0, 0.05) is 34.7 Å². The summed E-state index contributed by atoms with van der Waals surface area (Å²) in [5.41, 5.74) is 2.03. The van der Waals surface area contributed by atoms with Crippen LogP contribution in [0.15, 0.2) is 42.7 Å². The van der Waals surface area contributed by atoms with E-state index < -0.39 is 0 Å². The molecule has 1 aromatic heterocycles. The number of rotatable bonds is 3. The molecule has 6 heteroatoms. The van der Waals surface area contributed by atoms with Crippen molar-refractivity contribution >= 4 is 53.7 Å². The molecule has 0 aliphatic carbocycles. The third kappa shape index (κ3) is 4.91. The first-order valence-corrected chi connectivity index (χ1v) is 5.59. The lowest BCUT2D eigenvalue weighted by Crippen LogP contribution is -1.99. The van der Waals surface area contributed by atoms with Crippen molar-refractivity contribution < 1.29 is 0 Å². The molecular formula is C12H12Cl4N2. The number of anilines is 1. The first-order chi connectivity index (χ1) is 7.75. The Bertz CT molecular complexity index is 477. The molecule has 2 rings (SSSR count). The van der Waals surface area contributed by atoms with Crippen molar-refractivity contribution in [1.82, 2.24) is 4.98 Å². The Balaban J connectivity index is 0.00000144. The summed E-state index contributed by atoms with van der Waals surface area (Å²) in [6.45, 7) is 0.667. The maximum atomic E-state index is 6.06. The van der Waals surface area contributed by atoms with Crippen molar-refractivity contribution in [3.63, 3.8) is 0 Å². The number of hydrogen-bond acceptors (Lipinski definition) is 2. The highest BCUT2D eigenvalue weighted by Gasteiger charge is 2.00. The molecule has 0 atom stereocenters. The summed E-state index contributed by atoms with van der Waals surface area (Å²) in [4.78, 5) is 3.95. The Labute approximate surface area is 129 Å². The minimum absolute atomic E-state index is 0. The fourth-order valence-electron chi connectivity index (χ4n) is 1.33. The predicted molar refractivity (Wildman–Crippen MR) is 82.5 cm³/mol. The second kappa shape index (κ2) is 8.44. The molecule has 0 saturated heterocycles. The van der Waals surface area contributed by atoms with E-state index in [0.29, 0.717) is 16.6 Å². The third-order valence-corrected chi connectivity index (χ3v) is 2.77. The molecule has 18 heavy (non-hydrogen) atoms. The number of halogens is 4. The number of nitrogens with one attached hydrogen (secondary N) is 1. The van der Waals surface area contributed by atoms with Crippen LogP contribution in [0.5, 0.6) is 0 Å².